The van der Waals surface area contributed by atoms with E-state index in [1.54, 1.807) is 6.92 Å². The Bertz CT molecular complexity index is 512. The lowest BCUT2D eigenvalue weighted by atomic mass is 9.74. The largest absolute Gasteiger partial charge is 0.281 e. The molecule has 0 radical (unpaired) electrons. The maximum atomic E-state index is 13.3. The van der Waals surface area contributed by atoms with E-state index in [0.29, 0.717) is 17.5 Å². The van der Waals surface area contributed by atoms with Crippen molar-refractivity contribution >= 4 is 11.8 Å². The van der Waals surface area contributed by atoms with Gasteiger partial charge < -0.3 is 0 Å². The van der Waals surface area contributed by atoms with Gasteiger partial charge in [0.25, 0.3) is 5.91 Å². The summed E-state index contributed by atoms with van der Waals surface area (Å²) in [6.07, 6.45) is 0.528. The van der Waals surface area contributed by atoms with Crippen molar-refractivity contribution in [2.45, 2.75) is 25.7 Å². The Balaban J connectivity index is 2.74. The van der Waals surface area contributed by atoms with Crippen LogP contribution in [0.1, 0.15) is 36.2 Å². The summed E-state index contributed by atoms with van der Waals surface area (Å²) in [5, 5.41) is 0. The third-order valence-corrected chi connectivity index (χ3v) is 3.59. The fourth-order valence-corrected chi connectivity index (χ4v) is 2.26. The van der Waals surface area contributed by atoms with Crippen LogP contribution < -0.4 is 0 Å². The standard InChI is InChI=1S/C13H14FNO2/c1-4-13(2)10-7-8(14)5-6-9(10)11(16)15(3)12(13)17/h5-7H,4H2,1-3H3. The Labute approximate surface area is 99.2 Å². The molecule has 1 aromatic carbocycles. The summed E-state index contributed by atoms with van der Waals surface area (Å²) in [5.74, 6) is -1.06. The Morgan fingerprint density at radius 3 is 2.59 bits per heavy atom. The van der Waals surface area contributed by atoms with Crippen molar-refractivity contribution in [1.82, 2.24) is 4.90 Å². The van der Waals surface area contributed by atoms with Gasteiger partial charge in [-0.15, -0.1) is 0 Å². The van der Waals surface area contributed by atoms with Crippen molar-refractivity contribution in [3.63, 3.8) is 0 Å². The van der Waals surface area contributed by atoms with Crippen molar-refractivity contribution in [3.8, 4) is 0 Å². The molecule has 17 heavy (non-hydrogen) atoms. The Hall–Kier alpha value is -1.71. The summed E-state index contributed by atoms with van der Waals surface area (Å²) in [7, 11) is 1.46. The van der Waals surface area contributed by atoms with Gasteiger partial charge in [0, 0.05) is 12.6 Å². The summed E-state index contributed by atoms with van der Waals surface area (Å²) in [4.78, 5) is 25.2. The highest BCUT2D eigenvalue weighted by Crippen LogP contribution is 2.37. The average molecular weight is 235 g/mol. The van der Waals surface area contributed by atoms with E-state index in [2.05, 4.69) is 0 Å². The highest BCUT2D eigenvalue weighted by molar-refractivity contribution is 6.12. The number of carbonyl (C=O) groups excluding carboxylic acids is 2. The fourth-order valence-electron chi connectivity index (χ4n) is 2.26. The van der Waals surface area contributed by atoms with Crippen molar-refractivity contribution in [1.29, 1.82) is 0 Å². The minimum atomic E-state index is -0.819. The quantitative estimate of drug-likeness (QED) is 0.699. The fraction of sp³-hybridized carbons (Fsp3) is 0.385. The zero-order valence-corrected chi connectivity index (χ0v) is 10.1. The van der Waals surface area contributed by atoms with Gasteiger partial charge in [-0.1, -0.05) is 6.92 Å². The van der Waals surface area contributed by atoms with Gasteiger partial charge in [0.2, 0.25) is 5.91 Å². The van der Waals surface area contributed by atoms with Crippen LogP contribution in [-0.4, -0.2) is 23.8 Å². The van der Waals surface area contributed by atoms with E-state index in [0.717, 1.165) is 4.90 Å². The first-order chi connectivity index (χ1) is 7.91. The second-order valence-electron chi connectivity index (χ2n) is 4.54. The molecule has 0 saturated carbocycles. The van der Waals surface area contributed by atoms with E-state index in [1.165, 1.54) is 25.2 Å². The molecule has 0 bridgehead atoms. The van der Waals surface area contributed by atoms with Gasteiger partial charge >= 0.3 is 0 Å². The number of rotatable bonds is 1. The third kappa shape index (κ3) is 1.47. The summed E-state index contributed by atoms with van der Waals surface area (Å²) in [6, 6.07) is 3.99. The molecule has 0 N–H and O–H groups in total. The van der Waals surface area contributed by atoms with Gasteiger partial charge in [-0.2, -0.15) is 0 Å². The SMILES string of the molecule is CCC1(C)C(=O)N(C)C(=O)c2ccc(F)cc21. The number of amides is 2. The molecule has 1 aliphatic rings. The minimum Gasteiger partial charge on any atom is -0.281 e. The lowest BCUT2D eigenvalue weighted by molar-refractivity contribution is -0.133. The molecule has 0 saturated heterocycles. The van der Waals surface area contributed by atoms with Crippen LogP contribution in [0.25, 0.3) is 0 Å². The number of benzene rings is 1. The first kappa shape index (κ1) is 11.8. The van der Waals surface area contributed by atoms with Crippen molar-refractivity contribution in [3.05, 3.63) is 35.1 Å². The van der Waals surface area contributed by atoms with Crippen molar-refractivity contribution in [2.24, 2.45) is 0 Å². The van der Waals surface area contributed by atoms with Crippen LogP contribution in [0.4, 0.5) is 4.39 Å². The van der Waals surface area contributed by atoms with Gasteiger partial charge in [0.1, 0.15) is 5.82 Å². The van der Waals surface area contributed by atoms with Crippen molar-refractivity contribution in [2.75, 3.05) is 7.05 Å². The van der Waals surface area contributed by atoms with E-state index in [-0.39, 0.29) is 11.8 Å². The maximum Gasteiger partial charge on any atom is 0.260 e. The molecule has 1 heterocycles. The van der Waals surface area contributed by atoms with Crippen LogP contribution in [0.15, 0.2) is 18.2 Å². The van der Waals surface area contributed by atoms with Crippen molar-refractivity contribution < 1.29 is 14.0 Å². The summed E-state index contributed by atoms with van der Waals surface area (Å²) < 4.78 is 13.3. The van der Waals surface area contributed by atoms with Gasteiger partial charge in [-0.3, -0.25) is 14.5 Å². The van der Waals surface area contributed by atoms with Gasteiger partial charge in [0.15, 0.2) is 0 Å². The number of halogens is 1. The topological polar surface area (TPSA) is 37.4 Å². The third-order valence-electron chi connectivity index (χ3n) is 3.59. The normalized spacial score (nSPS) is 23.9. The molecule has 0 spiro atoms. The zero-order chi connectivity index (χ0) is 12.8. The minimum absolute atomic E-state index is 0.275. The zero-order valence-electron chi connectivity index (χ0n) is 10.1. The molecule has 90 valence electrons. The second kappa shape index (κ2) is 3.65. The van der Waals surface area contributed by atoms with E-state index in [1.807, 2.05) is 6.92 Å². The van der Waals surface area contributed by atoms with E-state index in [4.69, 9.17) is 0 Å². The van der Waals surface area contributed by atoms with Crippen LogP contribution in [-0.2, 0) is 10.2 Å². The van der Waals surface area contributed by atoms with E-state index in [9.17, 15) is 14.0 Å². The lowest BCUT2D eigenvalue weighted by Gasteiger charge is -2.37. The predicted octanol–water partition coefficient (Wildman–Crippen LogP) is 2.11. The molecule has 3 nitrogen and oxygen atoms in total. The molecule has 1 aromatic rings. The summed E-state index contributed by atoms with van der Waals surface area (Å²) >= 11 is 0. The highest BCUT2D eigenvalue weighted by atomic mass is 19.1. The van der Waals surface area contributed by atoms with E-state index < -0.39 is 11.2 Å². The Morgan fingerprint density at radius 1 is 1.35 bits per heavy atom. The molecular formula is C13H14FNO2. The molecule has 1 aliphatic heterocycles. The summed E-state index contributed by atoms with van der Waals surface area (Å²) in [6.45, 7) is 3.60. The van der Waals surface area contributed by atoms with Crippen LogP contribution in [0.5, 0.6) is 0 Å². The van der Waals surface area contributed by atoms with Crippen LogP contribution >= 0.6 is 0 Å². The lowest BCUT2D eigenvalue weighted by Crippen LogP contribution is -2.51. The number of nitrogens with zero attached hydrogens (tertiary/aromatic N) is 1. The first-order valence-corrected chi connectivity index (χ1v) is 5.54. The number of carbonyl (C=O) groups is 2. The number of imide groups is 1. The smallest absolute Gasteiger partial charge is 0.260 e. The monoisotopic (exact) mass is 235 g/mol. The Kier molecular flexibility index (Phi) is 2.53. The molecule has 0 aliphatic carbocycles. The molecular weight excluding hydrogens is 221 g/mol. The molecule has 2 rings (SSSR count). The average Bonchev–Trinajstić information content (AvgIpc) is 2.33. The van der Waals surface area contributed by atoms with Crippen LogP contribution in [0.2, 0.25) is 0 Å². The molecule has 1 atom stereocenters. The van der Waals surface area contributed by atoms with Gasteiger partial charge in [0.05, 0.1) is 5.41 Å². The number of fused-ring (bicyclic) bond motifs is 1. The first-order valence-electron chi connectivity index (χ1n) is 5.54. The number of likely N-dealkylation sites (N-methyl/N-ethyl adjacent to an activating group) is 1. The van der Waals surface area contributed by atoms with E-state index >= 15 is 0 Å². The second-order valence-corrected chi connectivity index (χ2v) is 4.54. The predicted molar refractivity (Wildman–Crippen MR) is 61.1 cm³/mol. The maximum absolute atomic E-state index is 13.3. The molecule has 2 amide bonds. The van der Waals surface area contributed by atoms with Crippen LogP contribution in [0, 0.1) is 5.82 Å². The molecule has 4 heteroatoms. The number of hydrogen-bond acceptors (Lipinski definition) is 2. The summed E-state index contributed by atoms with van der Waals surface area (Å²) in [5.41, 5.74) is 0.0889. The van der Waals surface area contributed by atoms with Gasteiger partial charge in [-0.25, -0.2) is 4.39 Å². The highest BCUT2D eigenvalue weighted by Gasteiger charge is 2.44. The van der Waals surface area contributed by atoms with Gasteiger partial charge in [-0.05, 0) is 37.1 Å². The number of hydrogen-bond donors (Lipinski definition) is 0. The molecule has 0 fully saturated rings. The molecule has 0 aromatic heterocycles. The Morgan fingerprint density at radius 2 is 2.00 bits per heavy atom. The van der Waals surface area contributed by atoms with Crippen LogP contribution in [0.3, 0.4) is 0 Å². The molecule has 1 unspecified atom stereocenters.